The third-order valence-corrected chi connectivity index (χ3v) is 1.93. The molecule has 0 aliphatic rings. The lowest BCUT2D eigenvalue weighted by molar-refractivity contribution is 0.0590. The van der Waals surface area contributed by atoms with Crippen molar-refractivity contribution in [3.8, 4) is 0 Å². The maximum Gasteiger partial charge on any atom is 0.339 e. The molecule has 0 atom stereocenters. The minimum absolute atomic E-state index is 0.389. The minimum atomic E-state index is -0.389. The molecular weight excluding hydrogens is 210 g/mol. The van der Waals surface area contributed by atoms with Crippen molar-refractivity contribution in [3.63, 3.8) is 0 Å². The molecule has 0 N–H and O–H groups in total. The number of carbonyl (C=O) groups excluding carboxylic acids is 1. The Morgan fingerprint density at radius 3 is 2.69 bits per heavy atom. The van der Waals surface area contributed by atoms with E-state index in [-0.39, 0.29) is 5.97 Å². The molecule has 5 heteroatoms. The maximum absolute atomic E-state index is 11.1. The summed E-state index contributed by atoms with van der Waals surface area (Å²) in [5, 5.41) is 0. The molecule has 5 nitrogen and oxygen atoms in total. The second-order valence-electron chi connectivity index (χ2n) is 3.08. The van der Waals surface area contributed by atoms with Gasteiger partial charge in [-0.15, -0.1) is 0 Å². The van der Waals surface area contributed by atoms with Gasteiger partial charge in [0, 0.05) is 13.3 Å². The average molecular weight is 225 g/mol. The van der Waals surface area contributed by atoms with Crippen molar-refractivity contribution in [1.82, 2.24) is 4.98 Å². The molecule has 0 unspecified atom stereocenters. The van der Waals surface area contributed by atoms with Crippen LogP contribution in [0.5, 0.6) is 0 Å². The highest BCUT2D eigenvalue weighted by molar-refractivity contribution is 5.88. The van der Waals surface area contributed by atoms with Crippen molar-refractivity contribution in [2.75, 3.05) is 27.4 Å². The summed E-state index contributed by atoms with van der Waals surface area (Å²) >= 11 is 0. The number of esters is 1. The number of nitrogens with zero attached hydrogens (tertiary/aromatic N) is 1. The van der Waals surface area contributed by atoms with Crippen molar-refractivity contribution in [2.24, 2.45) is 0 Å². The number of hydrogen-bond donors (Lipinski definition) is 0. The van der Waals surface area contributed by atoms with Crippen molar-refractivity contribution >= 4 is 5.97 Å². The summed E-state index contributed by atoms with van der Waals surface area (Å²) in [5.74, 6) is -0.389. The highest BCUT2D eigenvalue weighted by Gasteiger charge is 2.05. The molecule has 16 heavy (non-hydrogen) atoms. The van der Waals surface area contributed by atoms with Crippen LogP contribution < -0.4 is 0 Å². The number of rotatable bonds is 6. The van der Waals surface area contributed by atoms with E-state index < -0.39 is 0 Å². The number of carbonyl (C=O) groups is 1. The van der Waals surface area contributed by atoms with Crippen LogP contribution >= 0.6 is 0 Å². The first kappa shape index (κ1) is 12.6. The Kier molecular flexibility index (Phi) is 5.45. The molecule has 0 aliphatic heterocycles. The summed E-state index contributed by atoms with van der Waals surface area (Å²) in [6, 6.07) is 3.40. The van der Waals surface area contributed by atoms with Gasteiger partial charge in [-0.3, -0.25) is 4.98 Å². The van der Waals surface area contributed by atoms with Crippen molar-refractivity contribution < 1.29 is 19.0 Å². The zero-order chi connectivity index (χ0) is 11.8. The average Bonchev–Trinajstić information content (AvgIpc) is 2.34. The molecule has 0 aromatic carbocycles. The normalized spacial score (nSPS) is 10.1. The van der Waals surface area contributed by atoms with Crippen LogP contribution in [0.15, 0.2) is 18.3 Å². The Hall–Kier alpha value is -1.46. The molecule has 88 valence electrons. The molecule has 1 aromatic rings. The number of hydrogen-bond acceptors (Lipinski definition) is 5. The summed E-state index contributed by atoms with van der Waals surface area (Å²) in [4.78, 5) is 15.2. The lowest BCUT2D eigenvalue weighted by atomic mass is 10.2. The highest BCUT2D eigenvalue weighted by atomic mass is 16.5. The molecule has 0 saturated carbocycles. The molecule has 0 saturated heterocycles. The molecule has 0 bridgehead atoms. The van der Waals surface area contributed by atoms with Gasteiger partial charge >= 0.3 is 5.97 Å². The number of methoxy groups -OCH3 is 2. The molecule has 0 radical (unpaired) electrons. The fourth-order valence-corrected chi connectivity index (χ4v) is 1.07. The van der Waals surface area contributed by atoms with E-state index in [2.05, 4.69) is 9.72 Å². The quantitative estimate of drug-likeness (QED) is 0.534. The molecule has 0 amide bonds. The second kappa shape index (κ2) is 6.92. The van der Waals surface area contributed by atoms with Crippen LogP contribution in [-0.2, 0) is 20.8 Å². The van der Waals surface area contributed by atoms with E-state index in [0.717, 1.165) is 5.69 Å². The fourth-order valence-electron chi connectivity index (χ4n) is 1.07. The van der Waals surface area contributed by atoms with Crippen LogP contribution in [0.25, 0.3) is 0 Å². The van der Waals surface area contributed by atoms with Gasteiger partial charge in [-0.05, 0) is 12.1 Å². The number of aromatic nitrogens is 1. The van der Waals surface area contributed by atoms with E-state index in [1.54, 1.807) is 19.2 Å². The summed E-state index contributed by atoms with van der Waals surface area (Å²) in [6.45, 7) is 1.49. The van der Waals surface area contributed by atoms with Crippen molar-refractivity contribution in [1.29, 1.82) is 0 Å². The van der Waals surface area contributed by atoms with Gasteiger partial charge in [-0.25, -0.2) is 4.79 Å². The zero-order valence-corrected chi connectivity index (χ0v) is 9.43. The first-order chi connectivity index (χ1) is 7.77. The lowest BCUT2D eigenvalue weighted by Crippen LogP contribution is -2.05. The molecule has 1 rings (SSSR count). The summed E-state index contributed by atoms with van der Waals surface area (Å²) in [7, 11) is 2.96. The third kappa shape index (κ3) is 3.96. The second-order valence-corrected chi connectivity index (χ2v) is 3.08. The lowest BCUT2D eigenvalue weighted by Gasteiger charge is -2.03. The predicted molar refractivity (Wildman–Crippen MR) is 57.1 cm³/mol. The van der Waals surface area contributed by atoms with Gasteiger partial charge in [-0.1, -0.05) is 0 Å². The summed E-state index contributed by atoms with van der Waals surface area (Å²) < 4.78 is 14.7. The molecule has 0 aliphatic carbocycles. The van der Waals surface area contributed by atoms with Crippen LogP contribution in [0.4, 0.5) is 0 Å². The highest BCUT2D eigenvalue weighted by Crippen LogP contribution is 2.03. The van der Waals surface area contributed by atoms with Gasteiger partial charge in [0.1, 0.15) is 0 Å². The fraction of sp³-hybridized carbons (Fsp3) is 0.455. The minimum Gasteiger partial charge on any atom is -0.465 e. The van der Waals surface area contributed by atoms with E-state index in [1.807, 2.05) is 0 Å². The van der Waals surface area contributed by atoms with Crippen molar-refractivity contribution in [3.05, 3.63) is 29.6 Å². The van der Waals surface area contributed by atoms with Crippen LogP contribution in [-0.4, -0.2) is 38.4 Å². The van der Waals surface area contributed by atoms with E-state index in [4.69, 9.17) is 9.47 Å². The topological polar surface area (TPSA) is 57.7 Å². The van der Waals surface area contributed by atoms with E-state index in [9.17, 15) is 4.79 Å². The van der Waals surface area contributed by atoms with Gasteiger partial charge in [0.05, 0.1) is 38.2 Å². The van der Waals surface area contributed by atoms with Crippen molar-refractivity contribution in [2.45, 2.75) is 6.61 Å². The monoisotopic (exact) mass is 225 g/mol. The Morgan fingerprint density at radius 2 is 2.12 bits per heavy atom. The first-order valence-electron chi connectivity index (χ1n) is 4.88. The van der Waals surface area contributed by atoms with Crippen LogP contribution in [0.1, 0.15) is 16.1 Å². The number of pyridine rings is 1. The predicted octanol–water partition coefficient (Wildman–Crippen LogP) is 1.03. The van der Waals surface area contributed by atoms with Crippen LogP contribution in [0.3, 0.4) is 0 Å². The maximum atomic E-state index is 11.1. The largest absolute Gasteiger partial charge is 0.465 e. The van der Waals surface area contributed by atoms with E-state index in [0.29, 0.717) is 25.4 Å². The molecule has 0 spiro atoms. The summed E-state index contributed by atoms with van der Waals surface area (Å²) in [5.41, 5.74) is 1.20. The summed E-state index contributed by atoms with van der Waals surface area (Å²) in [6.07, 6.45) is 1.47. The van der Waals surface area contributed by atoms with Gasteiger partial charge < -0.3 is 14.2 Å². The standard InChI is InChI=1S/C11H15NO4/c1-14-5-6-16-8-10-4-3-9(7-12-10)11(13)15-2/h3-4,7H,5-6,8H2,1-2H3. The zero-order valence-electron chi connectivity index (χ0n) is 9.43. The van der Waals surface area contributed by atoms with Gasteiger partial charge in [-0.2, -0.15) is 0 Å². The molecule has 1 heterocycles. The Labute approximate surface area is 94.3 Å². The molecule has 1 aromatic heterocycles. The van der Waals surface area contributed by atoms with Gasteiger partial charge in [0.2, 0.25) is 0 Å². The molecular formula is C11H15NO4. The first-order valence-corrected chi connectivity index (χ1v) is 4.88. The Balaban J connectivity index is 2.42. The third-order valence-electron chi connectivity index (χ3n) is 1.93. The SMILES string of the molecule is COCCOCc1ccc(C(=O)OC)cn1. The van der Waals surface area contributed by atoms with Gasteiger partial charge in [0.25, 0.3) is 0 Å². The van der Waals surface area contributed by atoms with E-state index >= 15 is 0 Å². The Bertz CT molecular complexity index is 323. The smallest absolute Gasteiger partial charge is 0.339 e. The van der Waals surface area contributed by atoms with Crippen LogP contribution in [0, 0.1) is 0 Å². The van der Waals surface area contributed by atoms with Crippen LogP contribution in [0.2, 0.25) is 0 Å². The Morgan fingerprint density at radius 1 is 1.31 bits per heavy atom. The number of ether oxygens (including phenoxy) is 3. The molecule has 0 fully saturated rings. The van der Waals surface area contributed by atoms with Gasteiger partial charge in [0.15, 0.2) is 0 Å². The van der Waals surface area contributed by atoms with E-state index in [1.165, 1.54) is 13.3 Å².